The van der Waals surface area contributed by atoms with Gasteiger partial charge in [0.1, 0.15) is 0 Å². The summed E-state index contributed by atoms with van der Waals surface area (Å²) in [6.07, 6.45) is 0. The summed E-state index contributed by atoms with van der Waals surface area (Å²) in [5, 5.41) is 0. The van der Waals surface area contributed by atoms with Gasteiger partial charge < -0.3 is 4.90 Å². The van der Waals surface area contributed by atoms with Gasteiger partial charge in [0.15, 0.2) is 0 Å². The first-order valence-electron chi connectivity index (χ1n) is 3.07. The van der Waals surface area contributed by atoms with E-state index in [0.717, 1.165) is 11.6 Å². The lowest BCUT2D eigenvalue weighted by Gasteiger charge is -2.17. The second kappa shape index (κ2) is 2.60. The van der Waals surface area contributed by atoms with Gasteiger partial charge in [0.2, 0.25) is 5.91 Å². The molecule has 0 bridgehead atoms. The van der Waals surface area contributed by atoms with Crippen LogP contribution in [-0.2, 0) is 4.79 Å². The minimum absolute atomic E-state index is 0.201. The third kappa shape index (κ3) is 1.39. The molecule has 2 nitrogen and oxygen atoms in total. The lowest BCUT2D eigenvalue weighted by atomic mass is 10.3. The maximum absolute atomic E-state index is 10.8. The van der Waals surface area contributed by atoms with Gasteiger partial charge in [-0.05, 0) is 6.92 Å². The molecule has 0 aromatic carbocycles. The van der Waals surface area contributed by atoms with Crippen LogP contribution in [0.4, 0.5) is 0 Å². The molecule has 1 heterocycles. The van der Waals surface area contributed by atoms with Crippen molar-refractivity contribution in [3.8, 4) is 0 Å². The molecule has 1 amide bonds. The molecule has 9 heavy (non-hydrogen) atoms. The van der Waals surface area contributed by atoms with Crippen molar-refractivity contribution in [1.29, 1.82) is 0 Å². The fourth-order valence-electron chi connectivity index (χ4n) is 0.940. The Bertz CT molecular complexity index is 126. The summed E-state index contributed by atoms with van der Waals surface area (Å²) in [5.74, 6) is 2.18. The molecule has 1 fully saturated rings. The lowest BCUT2D eigenvalue weighted by molar-refractivity contribution is -0.128. The Labute approximate surface area is 59.6 Å². The summed E-state index contributed by atoms with van der Waals surface area (Å²) in [6.45, 7) is 3.71. The quantitative estimate of drug-likeness (QED) is 0.505. The highest BCUT2D eigenvalue weighted by atomic mass is 32.2. The first-order valence-corrected chi connectivity index (χ1v) is 4.22. The number of amides is 1. The summed E-state index contributed by atoms with van der Waals surface area (Å²) in [6, 6.07) is 0.451. The molecule has 0 saturated carbocycles. The smallest absolute Gasteiger partial charge is 0.220 e. The van der Waals surface area contributed by atoms with Gasteiger partial charge in [0, 0.05) is 18.7 Å². The molecule has 1 aliphatic heterocycles. The highest BCUT2D eigenvalue weighted by molar-refractivity contribution is 7.99. The molecule has 0 N–H and O–H groups in total. The van der Waals surface area contributed by atoms with Crippen LogP contribution >= 0.6 is 11.8 Å². The largest absolute Gasteiger partial charge is 0.330 e. The first kappa shape index (κ1) is 6.93. The molecule has 0 aromatic heterocycles. The zero-order valence-corrected chi connectivity index (χ0v) is 6.57. The van der Waals surface area contributed by atoms with Gasteiger partial charge >= 0.3 is 0 Å². The third-order valence-corrected chi connectivity index (χ3v) is 2.70. The van der Waals surface area contributed by atoms with Crippen molar-refractivity contribution in [2.45, 2.75) is 19.9 Å². The van der Waals surface area contributed by atoms with E-state index in [2.05, 4.69) is 6.92 Å². The Morgan fingerprint density at radius 3 is 2.67 bits per heavy atom. The number of carbonyl (C=O) groups is 1. The molecule has 1 aliphatic rings. The molecule has 1 atom stereocenters. The summed E-state index contributed by atoms with van der Waals surface area (Å²) >= 11 is 1.82. The molecule has 0 spiro atoms. The zero-order chi connectivity index (χ0) is 6.85. The van der Waals surface area contributed by atoms with E-state index in [9.17, 15) is 4.79 Å². The third-order valence-electron chi connectivity index (χ3n) is 1.53. The first-order chi connectivity index (χ1) is 4.22. The van der Waals surface area contributed by atoms with Gasteiger partial charge in [0.25, 0.3) is 0 Å². The average Bonchev–Trinajstić information content (AvgIpc) is 2.13. The maximum atomic E-state index is 10.8. The van der Waals surface area contributed by atoms with Gasteiger partial charge in [0.05, 0.1) is 5.88 Å². The molecule has 0 radical (unpaired) electrons. The average molecular weight is 145 g/mol. The van der Waals surface area contributed by atoms with E-state index in [1.54, 1.807) is 6.92 Å². The molecule has 1 rings (SSSR count). The normalized spacial score (nSPS) is 26.9. The number of hydrogen-bond acceptors (Lipinski definition) is 2. The SMILES string of the molecule is CC(=O)N1CSC[C@@H]1C. The van der Waals surface area contributed by atoms with Crippen molar-refractivity contribution < 1.29 is 4.79 Å². The van der Waals surface area contributed by atoms with Crippen molar-refractivity contribution in [2.75, 3.05) is 11.6 Å². The van der Waals surface area contributed by atoms with Gasteiger partial charge in [-0.1, -0.05) is 0 Å². The maximum Gasteiger partial charge on any atom is 0.220 e. The predicted molar refractivity (Wildman–Crippen MR) is 39.3 cm³/mol. The van der Waals surface area contributed by atoms with Crippen LogP contribution in [0.2, 0.25) is 0 Å². The summed E-state index contributed by atoms with van der Waals surface area (Å²) < 4.78 is 0. The Morgan fingerprint density at radius 1 is 1.78 bits per heavy atom. The fraction of sp³-hybridized carbons (Fsp3) is 0.833. The molecule has 0 aromatic rings. The van der Waals surface area contributed by atoms with Crippen LogP contribution < -0.4 is 0 Å². The molecule has 3 heteroatoms. The van der Waals surface area contributed by atoms with E-state index >= 15 is 0 Å². The lowest BCUT2D eigenvalue weighted by Crippen LogP contribution is -2.32. The van der Waals surface area contributed by atoms with Crippen molar-refractivity contribution in [3.63, 3.8) is 0 Å². The van der Waals surface area contributed by atoms with Crippen LogP contribution in [0.25, 0.3) is 0 Å². The van der Waals surface area contributed by atoms with Crippen molar-refractivity contribution in [2.24, 2.45) is 0 Å². The standard InChI is InChI=1S/C6H11NOS/c1-5-3-9-4-7(5)6(2)8/h5H,3-4H2,1-2H3/t5-/m0/s1. The number of rotatable bonds is 0. The van der Waals surface area contributed by atoms with Gasteiger partial charge in [-0.25, -0.2) is 0 Å². The number of thioether (sulfide) groups is 1. The molecular weight excluding hydrogens is 134 g/mol. The van der Waals surface area contributed by atoms with Crippen LogP contribution in [0.3, 0.4) is 0 Å². The highest BCUT2D eigenvalue weighted by Gasteiger charge is 2.21. The van der Waals surface area contributed by atoms with Crippen LogP contribution in [0.15, 0.2) is 0 Å². The fourth-order valence-corrected chi connectivity index (χ4v) is 2.20. The molecule has 52 valence electrons. The highest BCUT2D eigenvalue weighted by Crippen LogP contribution is 2.19. The molecule has 0 aliphatic carbocycles. The zero-order valence-electron chi connectivity index (χ0n) is 5.76. The van der Waals surface area contributed by atoms with Crippen LogP contribution in [0.1, 0.15) is 13.8 Å². The minimum Gasteiger partial charge on any atom is -0.330 e. The van der Waals surface area contributed by atoms with E-state index in [0.29, 0.717) is 6.04 Å². The number of carbonyl (C=O) groups excluding carboxylic acids is 1. The topological polar surface area (TPSA) is 20.3 Å². The number of nitrogens with zero attached hydrogens (tertiary/aromatic N) is 1. The van der Waals surface area contributed by atoms with Crippen LogP contribution in [-0.4, -0.2) is 28.5 Å². The molecule has 0 unspecified atom stereocenters. The van der Waals surface area contributed by atoms with Crippen molar-refractivity contribution in [3.05, 3.63) is 0 Å². The van der Waals surface area contributed by atoms with Gasteiger partial charge in [-0.2, -0.15) is 0 Å². The Kier molecular flexibility index (Phi) is 2.01. The van der Waals surface area contributed by atoms with E-state index < -0.39 is 0 Å². The van der Waals surface area contributed by atoms with Crippen LogP contribution in [0, 0.1) is 0 Å². The second-order valence-electron chi connectivity index (χ2n) is 2.34. The van der Waals surface area contributed by atoms with E-state index in [4.69, 9.17) is 0 Å². The summed E-state index contributed by atoms with van der Waals surface area (Å²) in [7, 11) is 0. The minimum atomic E-state index is 0.201. The summed E-state index contributed by atoms with van der Waals surface area (Å²) in [5.41, 5.74) is 0. The second-order valence-corrected chi connectivity index (χ2v) is 3.34. The monoisotopic (exact) mass is 145 g/mol. The van der Waals surface area contributed by atoms with Gasteiger partial charge in [-0.15, -0.1) is 11.8 Å². The predicted octanol–water partition coefficient (Wildman–Crippen LogP) is 0.928. The number of hydrogen-bond donors (Lipinski definition) is 0. The Balaban J connectivity index is 2.49. The van der Waals surface area contributed by atoms with E-state index in [-0.39, 0.29) is 5.91 Å². The Hall–Kier alpha value is -0.180. The summed E-state index contributed by atoms with van der Waals surface area (Å²) in [4.78, 5) is 12.7. The van der Waals surface area contributed by atoms with E-state index in [1.165, 1.54) is 0 Å². The molecular formula is C6H11NOS. The van der Waals surface area contributed by atoms with Crippen molar-refractivity contribution in [1.82, 2.24) is 4.90 Å². The molecule has 1 saturated heterocycles. The van der Waals surface area contributed by atoms with Crippen LogP contribution in [0.5, 0.6) is 0 Å². The van der Waals surface area contributed by atoms with E-state index in [1.807, 2.05) is 16.7 Å². The van der Waals surface area contributed by atoms with Gasteiger partial charge in [-0.3, -0.25) is 4.79 Å². The van der Waals surface area contributed by atoms with Crippen molar-refractivity contribution >= 4 is 17.7 Å². The Morgan fingerprint density at radius 2 is 2.44 bits per heavy atom.